The van der Waals surface area contributed by atoms with Crippen molar-refractivity contribution in [3.8, 4) is 11.5 Å². The van der Waals surface area contributed by atoms with E-state index in [1.54, 1.807) is 31.2 Å². The van der Waals surface area contributed by atoms with Crippen molar-refractivity contribution < 1.29 is 32.2 Å². The highest BCUT2D eigenvalue weighted by molar-refractivity contribution is 5.96. The van der Waals surface area contributed by atoms with Gasteiger partial charge in [0.15, 0.2) is 0 Å². The Labute approximate surface area is 159 Å². The molecular weight excluding hydrogens is 377 g/mol. The number of halogens is 3. The van der Waals surface area contributed by atoms with Crippen molar-refractivity contribution in [2.75, 3.05) is 13.7 Å². The molecule has 0 bridgehead atoms. The summed E-state index contributed by atoms with van der Waals surface area (Å²) >= 11 is 0. The zero-order chi connectivity index (χ0) is 20.7. The van der Waals surface area contributed by atoms with Gasteiger partial charge in [-0.1, -0.05) is 12.1 Å². The Kier molecular flexibility index (Phi) is 6.86. The number of carbonyl (C=O) groups is 2. The summed E-state index contributed by atoms with van der Waals surface area (Å²) < 4.78 is 45.3. The summed E-state index contributed by atoms with van der Waals surface area (Å²) in [7, 11) is 1.51. The van der Waals surface area contributed by atoms with Crippen molar-refractivity contribution >= 4 is 11.8 Å². The summed E-state index contributed by atoms with van der Waals surface area (Å²) in [5.74, 6) is -0.597. The Hall–Kier alpha value is -3.23. The summed E-state index contributed by atoms with van der Waals surface area (Å²) in [4.78, 5) is 24.0. The lowest BCUT2D eigenvalue weighted by Gasteiger charge is -2.16. The average molecular weight is 396 g/mol. The van der Waals surface area contributed by atoms with Gasteiger partial charge in [0.05, 0.1) is 19.7 Å². The van der Waals surface area contributed by atoms with Crippen LogP contribution in [0.25, 0.3) is 0 Å². The molecule has 0 aliphatic rings. The van der Waals surface area contributed by atoms with Crippen molar-refractivity contribution in [3.63, 3.8) is 0 Å². The molecule has 2 rings (SSSR count). The normalized spacial score (nSPS) is 12.0. The fourth-order valence-corrected chi connectivity index (χ4v) is 2.34. The van der Waals surface area contributed by atoms with Gasteiger partial charge in [-0.25, -0.2) is 0 Å². The highest BCUT2D eigenvalue weighted by Gasteiger charge is 2.31. The molecule has 0 aliphatic carbocycles. The van der Waals surface area contributed by atoms with Crippen LogP contribution < -0.4 is 20.1 Å². The van der Waals surface area contributed by atoms with Crippen LogP contribution in [0.4, 0.5) is 13.2 Å². The number of benzene rings is 2. The number of rotatable bonds is 7. The minimum atomic E-state index is -4.76. The fourth-order valence-electron chi connectivity index (χ4n) is 2.34. The van der Waals surface area contributed by atoms with Gasteiger partial charge < -0.3 is 20.1 Å². The first-order valence-corrected chi connectivity index (χ1v) is 8.25. The van der Waals surface area contributed by atoms with E-state index in [0.29, 0.717) is 16.9 Å². The fraction of sp³-hybridized carbons (Fsp3) is 0.263. The Bertz CT molecular complexity index is 805. The Morgan fingerprint density at radius 3 is 2.11 bits per heavy atom. The van der Waals surface area contributed by atoms with Gasteiger partial charge in [-0.3, -0.25) is 9.59 Å². The van der Waals surface area contributed by atoms with Crippen molar-refractivity contribution in [2.24, 2.45) is 0 Å². The summed E-state index contributed by atoms with van der Waals surface area (Å²) in [5.41, 5.74) is 0.964. The van der Waals surface area contributed by atoms with Crippen LogP contribution in [0.1, 0.15) is 28.9 Å². The van der Waals surface area contributed by atoms with E-state index in [1.165, 1.54) is 19.2 Å². The Morgan fingerprint density at radius 1 is 1.00 bits per heavy atom. The molecule has 0 aromatic heterocycles. The smallest absolute Gasteiger partial charge is 0.497 e. The third-order valence-electron chi connectivity index (χ3n) is 3.75. The number of ether oxygens (including phenoxy) is 2. The van der Waals surface area contributed by atoms with Gasteiger partial charge in [0.25, 0.3) is 5.91 Å². The monoisotopic (exact) mass is 396 g/mol. The van der Waals surface area contributed by atoms with Crippen molar-refractivity contribution in [2.45, 2.75) is 19.3 Å². The molecule has 6 nitrogen and oxygen atoms in total. The molecule has 0 spiro atoms. The minimum Gasteiger partial charge on any atom is -0.497 e. The van der Waals surface area contributed by atoms with E-state index < -0.39 is 24.2 Å². The zero-order valence-electron chi connectivity index (χ0n) is 15.2. The van der Waals surface area contributed by atoms with Gasteiger partial charge in [-0.15, -0.1) is 13.2 Å². The van der Waals surface area contributed by atoms with E-state index in [9.17, 15) is 22.8 Å². The number of carbonyl (C=O) groups excluding carboxylic acids is 2. The van der Waals surface area contributed by atoms with E-state index in [1.807, 2.05) is 0 Å². The number of methoxy groups -OCH3 is 1. The highest BCUT2D eigenvalue weighted by Crippen LogP contribution is 2.24. The quantitative estimate of drug-likeness (QED) is 0.754. The molecule has 0 heterocycles. The van der Waals surface area contributed by atoms with E-state index >= 15 is 0 Å². The molecule has 2 aromatic rings. The van der Waals surface area contributed by atoms with Crippen LogP contribution >= 0.6 is 0 Å². The maximum atomic E-state index is 12.2. The molecule has 0 radical (unpaired) electrons. The summed E-state index contributed by atoms with van der Waals surface area (Å²) in [5, 5.41) is 5.14. The van der Waals surface area contributed by atoms with Crippen LogP contribution in [-0.4, -0.2) is 31.8 Å². The number of hydrogen-bond donors (Lipinski definition) is 2. The third-order valence-corrected chi connectivity index (χ3v) is 3.75. The van der Waals surface area contributed by atoms with Gasteiger partial charge in [-0.2, -0.15) is 0 Å². The first kappa shape index (κ1) is 21.1. The van der Waals surface area contributed by atoms with Crippen LogP contribution in [0.2, 0.25) is 0 Å². The van der Waals surface area contributed by atoms with E-state index in [2.05, 4.69) is 15.4 Å². The summed E-state index contributed by atoms with van der Waals surface area (Å²) in [6.45, 7) is 1.42. The van der Waals surface area contributed by atoms with Gasteiger partial charge in [0, 0.05) is 5.56 Å². The molecule has 2 N–H and O–H groups in total. The molecule has 28 heavy (non-hydrogen) atoms. The van der Waals surface area contributed by atoms with Gasteiger partial charge >= 0.3 is 6.36 Å². The molecule has 1 atom stereocenters. The average Bonchev–Trinajstić information content (AvgIpc) is 2.65. The maximum Gasteiger partial charge on any atom is 0.573 e. The molecular formula is C19H19F3N2O4. The minimum absolute atomic E-state index is 0.246. The molecule has 150 valence electrons. The standard InChI is InChI=1S/C19H19F3N2O4/c1-12(13-3-9-16(10-4-13)28-19(20,21)22)24-17(25)11-23-18(26)14-5-7-15(27-2)8-6-14/h3-10,12H,11H2,1-2H3,(H,23,26)(H,24,25). The first-order chi connectivity index (χ1) is 13.2. The summed E-state index contributed by atoms with van der Waals surface area (Å²) in [6.07, 6.45) is -4.76. The van der Waals surface area contributed by atoms with E-state index in [-0.39, 0.29) is 12.3 Å². The lowest BCUT2D eigenvalue weighted by atomic mass is 10.1. The zero-order valence-corrected chi connectivity index (χ0v) is 15.2. The topological polar surface area (TPSA) is 76.7 Å². The van der Waals surface area contributed by atoms with Crippen molar-refractivity contribution in [1.29, 1.82) is 0 Å². The molecule has 0 saturated heterocycles. The number of amides is 2. The van der Waals surface area contributed by atoms with Crippen LogP contribution in [0.5, 0.6) is 11.5 Å². The van der Waals surface area contributed by atoms with Crippen LogP contribution in [0.3, 0.4) is 0 Å². The maximum absolute atomic E-state index is 12.2. The van der Waals surface area contributed by atoms with Gasteiger partial charge in [-0.05, 0) is 48.9 Å². The second-order valence-electron chi connectivity index (χ2n) is 5.82. The summed E-state index contributed by atoms with van der Waals surface area (Å²) in [6, 6.07) is 11.1. The molecule has 1 unspecified atom stereocenters. The van der Waals surface area contributed by atoms with Crippen LogP contribution in [0.15, 0.2) is 48.5 Å². The van der Waals surface area contributed by atoms with Crippen molar-refractivity contribution in [1.82, 2.24) is 10.6 Å². The Morgan fingerprint density at radius 2 is 1.57 bits per heavy atom. The first-order valence-electron chi connectivity index (χ1n) is 8.25. The second kappa shape index (κ2) is 9.12. The van der Waals surface area contributed by atoms with Crippen molar-refractivity contribution in [3.05, 3.63) is 59.7 Å². The van der Waals surface area contributed by atoms with Gasteiger partial charge in [0.2, 0.25) is 5.91 Å². The molecule has 2 aromatic carbocycles. The molecule has 0 aliphatic heterocycles. The molecule has 0 fully saturated rings. The lowest BCUT2D eigenvalue weighted by molar-refractivity contribution is -0.274. The Balaban J connectivity index is 1.83. The second-order valence-corrected chi connectivity index (χ2v) is 5.82. The number of alkyl halides is 3. The lowest BCUT2D eigenvalue weighted by Crippen LogP contribution is -2.38. The SMILES string of the molecule is COc1ccc(C(=O)NCC(=O)NC(C)c2ccc(OC(F)(F)F)cc2)cc1. The predicted molar refractivity (Wildman–Crippen MR) is 95.0 cm³/mol. The molecule has 2 amide bonds. The third kappa shape index (κ3) is 6.49. The molecule has 0 saturated carbocycles. The van der Waals surface area contributed by atoms with Gasteiger partial charge in [0.1, 0.15) is 11.5 Å². The van der Waals surface area contributed by atoms with E-state index in [0.717, 1.165) is 12.1 Å². The largest absolute Gasteiger partial charge is 0.573 e. The predicted octanol–water partition coefficient (Wildman–Crippen LogP) is 3.20. The highest BCUT2D eigenvalue weighted by atomic mass is 19.4. The van der Waals surface area contributed by atoms with E-state index in [4.69, 9.17) is 4.74 Å². The number of hydrogen-bond acceptors (Lipinski definition) is 4. The molecule has 9 heteroatoms. The number of nitrogens with one attached hydrogen (secondary N) is 2. The van der Waals surface area contributed by atoms with Crippen LogP contribution in [-0.2, 0) is 4.79 Å². The van der Waals surface area contributed by atoms with Crippen LogP contribution in [0, 0.1) is 0 Å².